The van der Waals surface area contributed by atoms with Crippen LogP contribution in [-0.4, -0.2) is 16.3 Å². The van der Waals surface area contributed by atoms with E-state index in [1.54, 1.807) is 0 Å². The molecule has 0 radical (unpaired) electrons. The third-order valence-corrected chi connectivity index (χ3v) is 2.86. The number of rotatable bonds is 2. The monoisotopic (exact) mass is 224 g/mol. The molecule has 1 aliphatic carbocycles. The fourth-order valence-electron chi connectivity index (χ4n) is 2.15. The summed E-state index contributed by atoms with van der Waals surface area (Å²) in [7, 11) is 0. The highest BCUT2D eigenvalue weighted by molar-refractivity contribution is 5.25. The highest BCUT2D eigenvalue weighted by atomic mass is 16.3. The summed E-state index contributed by atoms with van der Waals surface area (Å²) in [6.45, 7) is 2.00. The van der Waals surface area contributed by atoms with Crippen LogP contribution in [-0.2, 0) is 12.8 Å². The van der Waals surface area contributed by atoms with E-state index in [1.165, 1.54) is 6.07 Å². The maximum atomic E-state index is 11.8. The largest absolute Gasteiger partial charge is 0.465 e. The summed E-state index contributed by atoms with van der Waals surface area (Å²) in [6, 6.07) is 1.45. The predicted molar refractivity (Wildman–Crippen MR) is 58.3 cm³/mol. The molecule has 2 atom stereocenters. The molecule has 0 saturated heterocycles. The molecule has 0 spiro atoms. The Morgan fingerprint density at radius 1 is 1.50 bits per heavy atom. The molecule has 16 heavy (non-hydrogen) atoms. The van der Waals surface area contributed by atoms with E-state index >= 15 is 0 Å². The molecule has 88 valence electrons. The zero-order valence-electron chi connectivity index (χ0n) is 9.27. The van der Waals surface area contributed by atoms with Gasteiger partial charge in [-0.3, -0.25) is 4.79 Å². The first-order chi connectivity index (χ1) is 7.61. The molecular formula is C12H16O4. The molecule has 4 heteroatoms. The smallest absolute Gasteiger partial charge is 0.191 e. The van der Waals surface area contributed by atoms with Gasteiger partial charge in [0.15, 0.2) is 5.43 Å². The Hall–Kier alpha value is -1.13. The molecule has 0 saturated carbocycles. The topological polar surface area (TPSA) is 70.7 Å². The van der Waals surface area contributed by atoms with Crippen LogP contribution in [0.2, 0.25) is 0 Å². The van der Waals surface area contributed by atoms with Gasteiger partial charge in [-0.15, -0.1) is 0 Å². The van der Waals surface area contributed by atoms with Crippen molar-refractivity contribution in [2.75, 3.05) is 0 Å². The fraction of sp³-hybridized carbons (Fsp3) is 0.583. The van der Waals surface area contributed by atoms with Crippen molar-refractivity contribution in [2.24, 2.45) is 0 Å². The third-order valence-electron chi connectivity index (χ3n) is 2.86. The molecule has 0 fully saturated rings. The second kappa shape index (κ2) is 4.39. The van der Waals surface area contributed by atoms with Crippen LogP contribution in [0, 0.1) is 0 Å². The molecule has 2 N–H and O–H groups in total. The number of aryl methyl sites for hydroxylation is 1. The highest BCUT2D eigenvalue weighted by Gasteiger charge is 2.28. The van der Waals surface area contributed by atoms with Gasteiger partial charge in [0, 0.05) is 25.3 Å². The van der Waals surface area contributed by atoms with E-state index in [0.29, 0.717) is 29.9 Å². The Kier molecular flexibility index (Phi) is 3.12. The molecule has 2 rings (SSSR count). The first-order valence-electron chi connectivity index (χ1n) is 5.63. The first-order valence-corrected chi connectivity index (χ1v) is 5.63. The van der Waals surface area contributed by atoms with Gasteiger partial charge >= 0.3 is 0 Å². The van der Waals surface area contributed by atoms with Crippen molar-refractivity contribution < 1.29 is 14.6 Å². The SMILES string of the molecule is CCCc1cc(=O)c2c(o1)C[C@@H](O)C[C@H]2O. The van der Waals surface area contributed by atoms with Gasteiger partial charge < -0.3 is 14.6 Å². The minimum absolute atomic E-state index is 0.177. The standard InChI is InChI=1S/C12H16O4/c1-2-3-8-6-10(15)12-9(14)4-7(13)5-11(12)16-8/h6-7,9,13-14H,2-5H2,1H3/t7-,9+/m0/s1. The van der Waals surface area contributed by atoms with Crippen molar-refractivity contribution in [3.8, 4) is 0 Å². The van der Waals surface area contributed by atoms with Crippen molar-refractivity contribution >= 4 is 0 Å². The predicted octanol–water partition coefficient (Wildman–Crippen LogP) is 0.933. The van der Waals surface area contributed by atoms with Gasteiger partial charge in [-0.05, 0) is 6.42 Å². The van der Waals surface area contributed by atoms with E-state index in [9.17, 15) is 15.0 Å². The zero-order chi connectivity index (χ0) is 11.7. The second-order valence-electron chi connectivity index (χ2n) is 4.27. The number of hydrogen-bond acceptors (Lipinski definition) is 4. The van der Waals surface area contributed by atoms with Crippen LogP contribution in [0.1, 0.15) is 43.0 Å². The summed E-state index contributed by atoms with van der Waals surface area (Å²) in [5.41, 5.74) is 0.147. The number of aliphatic hydroxyl groups excluding tert-OH is 2. The van der Waals surface area contributed by atoms with E-state index in [0.717, 1.165) is 6.42 Å². The van der Waals surface area contributed by atoms with Crippen molar-refractivity contribution in [1.82, 2.24) is 0 Å². The first kappa shape index (κ1) is 11.4. The van der Waals surface area contributed by atoms with Gasteiger partial charge in [0.2, 0.25) is 0 Å². The average molecular weight is 224 g/mol. The van der Waals surface area contributed by atoms with Gasteiger partial charge in [-0.2, -0.15) is 0 Å². The number of aliphatic hydroxyl groups is 2. The Morgan fingerprint density at radius 3 is 2.94 bits per heavy atom. The summed E-state index contributed by atoms with van der Waals surface area (Å²) in [6.07, 6.45) is 0.610. The molecule has 1 heterocycles. The molecule has 4 nitrogen and oxygen atoms in total. The fourth-order valence-corrected chi connectivity index (χ4v) is 2.15. The molecular weight excluding hydrogens is 208 g/mol. The molecule has 0 unspecified atom stereocenters. The molecule has 0 aliphatic heterocycles. The van der Waals surface area contributed by atoms with Crippen molar-refractivity contribution in [1.29, 1.82) is 0 Å². The Labute approximate surface area is 93.5 Å². The lowest BCUT2D eigenvalue weighted by molar-refractivity contribution is 0.0588. The lowest BCUT2D eigenvalue weighted by Crippen LogP contribution is -2.28. The van der Waals surface area contributed by atoms with Gasteiger partial charge in [0.25, 0.3) is 0 Å². The number of hydrogen-bond donors (Lipinski definition) is 2. The van der Waals surface area contributed by atoms with Crippen LogP contribution in [0.3, 0.4) is 0 Å². The van der Waals surface area contributed by atoms with Crippen LogP contribution >= 0.6 is 0 Å². The third kappa shape index (κ3) is 2.03. The lowest BCUT2D eigenvalue weighted by atomic mass is 9.92. The quantitative estimate of drug-likeness (QED) is 0.784. The maximum absolute atomic E-state index is 11.8. The van der Waals surface area contributed by atoms with E-state index in [2.05, 4.69) is 0 Å². The Bertz CT molecular complexity index is 435. The molecule has 1 aromatic rings. The highest BCUT2D eigenvalue weighted by Crippen LogP contribution is 2.27. The summed E-state index contributed by atoms with van der Waals surface area (Å²) in [5, 5.41) is 19.2. The molecule has 1 aliphatic rings. The van der Waals surface area contributed by atoms with Crippen molar-refractivity contribution in [3.63, 3.8) is 0 Å². The second-order valence-corrected chi connectivity index (χ2v) is 4.27. The maximum Gasteiger partial charge on any atom is 0.191 e. The van der Waals surface area contributed by atoms with E-state index in [4.69, 9.17) is 4.42 Å². The van der Waals surface area contributed by atoms with Crippen molar-refractivity contribution in [3.05, 3.63) is 33.4 Å². The van der Waals surface area contributed by atoms with Crippen LogP contribution in [0.25, 0.3) is 0 Å². The molecule has 1 aromatic heterocycles. The minimum Gasteiger partial charge on any atom is -0.465 e. The molecule has 0 bridgehead atoms. The minimum atomic E-state index is -0.898. The average Bonchev–Trinajstić information content (AvgIpc) is 2.15. The Morgan fingerprint density at radius 2 is 2.25 bits per heavy atom. The zero-order valence-corrected chi connectivity index (χ0v) is 9.27. The summed E-state index contributed by atoms with van der Waals surface area (Å²) in [4.78, 5) is 11.8. The summed E-state index contributed by atoms with van der Waals surface area (Å²) in [5.74, 6) is 1.08. The van der Waals surface area contributed by atoms with Crippen LogP contribution < -0.4 is 5.43 Å². The van der Waals surface area contributed by atoms with Gasteiger partial charge in [-0.25, -0.2) is 0 Å². The van der Waals surface area contributed by atoms with E-state index in [-0.39, 0.29) is 11.8 Å². The van der Waals surface area contributed by atoms with Gasteiger partial charge in [-0.1, -0.05) is 6.92 Å². The normalized spacial score (nSPS) is 24.2. The number of fused-ring (bicyclic) bond motifs is 1. The molecule has 0 aromatic carbocycles. The van der Waals surface area contributed by atoms with Crippen LogP contribution in [0.4, 0.5) is 0 Å². The Balaban J connectivity index is 2.46. The van der Waals surface area contributed by atoms with Crippen molar-refractivity contribution in [2.45, 2.75) is 44.8 Å². The lowest BCUT2D eigenvalue weighted by Gasteiger charge is -2.23. The van der Waals surface area contributed by atoms with Gasteiger partial charge in [0.1, 0.15) is 11.5 Å². The van der Waals surface area contributed by atoms with E-state index in [1.807, 2.05) is 6.92 Å². The van der Waals surface area contributed by atoms with Crippen LogP contribution in [0.15, 0.2) is 15.3 Å². The van der Waals surface area contributed by atoms with Gasteiger partial charge in [0.05, 0.1) is 17.8 Å². The van der Waals surface area contributed by atoms with Crippen LogP contribution in [0.5, 0.6) is 0 Å². The summed E-state index contributed by atoms with van der Waals surface area (Å²) < 4.78 is 5.54. The summed E-state index contributed by atoms with van der Waals surface area (Å²) >= 11 is 0. The molecule has 0 amide bonds. The van der Waals surface area contributed by atoms with E-state index < -0.39 is 12.2 Å².